The van der Waals surface area contributed by atoms with Crippen molar-refractivity contribution in [3.05, 3.63) is 29.8 Å². The average Bonchev–Trinajstić information content (AvgIpc) is 2.53. The molecule has 0 aliphatic heterocycles. The standard InChI is InChI=1S/C19H32N2S/c1-6-9-10-17-11-13-18(14-12-17)20-19(22)21(15(4)7-2)16(5)8-3/h11-16H,6-10H2,1-5H3,(H,20,22). The number of rotatable bonds is 8. The molecule has 0 radical (unpaired) electrons. The van der Waals surface area contributed by atoms with Crippen molar-refractivity contribution >= 4 is 23.0 Å². The Morgan fingerprint density at radius 1 is 1.05 bits per heavy atom. The van der Waals surface area contributed by atoms with Crippen molar-refractivity contribution in [3.63, 3.8) is 0 Å². The van der Waals surface area contributed by atoms with Crippen molar-refractivity contribution in [2.24, 2.45) is 0 Å². The summed E-state index contributed by atoms with van der Waals surface area (Å²) >= 11 is 5.66. The maximum absolute atomic E-state index is 5.66. The normalized spacial score (nSPS) is 13.5. The van der Waals surface area contributed by atoms with Crippen LogP contribution in [0.1, 0.15) is 65.9 Å². The molecule has 1 aromatic rings. The lowest BCUT2D eigenvalue weighted by molar-refractivity contribution is 0.254. The van der Waals surface area contributed by atoms with Crippen LogP contribution in [0.15, 0.2) is 24.3 Å². The van der Waals surface area contributed by atoms with Gasteiger partial charge in [-0.25, -0.2) is 0 Å². The molecule has 1 aromatic carbocycles. The van der Waals surface area contributed by atoms with Crippen LogP contribution in [0, 0.1) is 0 Å². The number of nitrogens with zero attached hydrogens (tertiary/aromatic N) is 1. The van der Waals surface area contributed by atoms with Crippen molar-refractivity contribution in [3.8, 4) is 0 Å². The molecule has 0 heterocycles. The third kappa shape index (κ3) is 5.60. The van der Waals surface area contributed by atoms with Crippen LogP contribution in [0.2, 0.25) is 0 Å². The molecular formula is C19H32N2S. The summed E-state index contributed by atoms with van der Waals surface area (Å²) < 4.78 is 0. The first-order valence-electron chi connectivity index (χ1n) is 8.71. The molecular weight excluding hydrogens is 288 g/mol. The molecule has 3 heteroatoms. The number of thiocarbonyl (C=S) groups is 1. The van der Waals surface area contributed by atoms with E-state index in [0.29, 0.717) is 12.1 Å². The first-order chi connectivity index (χ1) is 10.5. The quantitative estimate of drug-likeness (QED) is 0.625. The van der Waals surface area contributed by atoms with Gasteiger partial charge >= 0.3 is 0 Å². The van der Waals surface area contributed by atoms with E-state index in [2.05, 4.69) is 69.1 Å². The number of benzene rings is 1. The van der Waals surface area contributed by atoms with E-state index >= 15 is 0 Å². The van der Waals surface area contributed by atoms with Gasteiger partial charge in [0.1, 0.15) is 0 Å². The smallest absolute Gasteiger partial charge is 0.173 e. The molecule has 0 saturated carbocycles. The zero-order valence-electron chi connectivity index (χ0n) is 14.9. The molecule has 0 saturated heterocycles. The van der Waals surface area contributed by atoms with Gasteiger partial charge in [0.2, 0.25) is 0 Å². The molecule has 1 rings (SSSR count). The zero-order chi connectivity index (χ0) is 16.5. The SMILES string of the molecule is CCCCc1ccc(NC(=S)N(C(C)CC)C(C)CC)cc1. The van der Waals surface area contributed by atoms with Gasteiger partial charge in [-0.15, -0.1) is 0 Å². The van der Waals surface area contributed by atoms with Crippen molar-refractivity contribution in [2.45, 2.75) is 78.8 Å². The third-order valence-corrected chi connectivity index (χ3v) is 4.70. The van der Waals surface area contributed by atoms with E-state index in [-0.39, 0.29) is 0 Å². The minimum Gasteiger partial charge on any atom is -0.344 e. The topological polar surface area (TPSA) is 15.3 Å². The fourth-order valence-electron chi connectivity index (χ4n) is 2.55. The Balaban J connectivity index is 2.72. The minimum atomic E-state index is 0.457. The molecule has 0 fully saturated rings. The second-order valence-corrected chi connectivity index (χ2v) is 6.54. The number of anilines is 1. The Morgan fingerprint density at radius 3 is 2.05 bits per heavy atom. The average molecular weight is 321 g/mol. The second kappa shape index (κ2) is 9.83. The number of nitrogens with one attached hydrogen (secondary N) is 1. The van der Waals surface area contributed by atoms with Crippen LogP contribution in [-0.2, 0) is 6.42 Å². The monoisotopic (exact) mass is 320 g/mol. The summed E-state index contributed by atoms with van der Waals surface area (Å²) in [6, 6.07) is 9.61. The number of unbranched alkanes of at least 4 members (excludes halogenated alkanes) is 1. The Hall–Kier alpha value is -1.09. The van der Waals surface area contributed by atoms with Gasteiger partial charge in [0.25, 0.3) is 0 Å². The molecule has 0 aromatic heterocycles. The number of aryl methyl sites for hydroxylation is 1. The van der Waals surface area contributed by atoms with E-state index in [0.717, 1.165) is 30.1 Å². The van der Waals surface area contributed by atoms with Crippen LogP contribution >= 0.6 is 12.2 Å². The Morgan fingerprint density at radius 2 is 1.59 bits per heavy atom. The number of hydrogen-bond acceptors (Lipinski definition) is 1. The van der Waals surface area contributed by atoms with Crippen LogP contribution in [-0.4, -0.2) is 22.1 Å². The summed E-state index contributed by atoms with van der Waals surface area (Å²) in [5, 5.41) is 4.25. The van der Waals surface area contributed by atoms with E-state index in [1.807, 2.05) is 0 Å². The summed E-state index contributed by atoms with van der Waals surface area (Å²) in [6.07, 6.45) is 5.85. The summed E-state index contributed by atoms with van der Waals surface area (Å²) in [5.41, 5.74) is 2.49. The lowest BCUT2D eigenvalue weighted by Crippen LogP contribution is -2.46. The maximum Gasteiger partial charge on any atom is 0.173 e. The first kappa shape index (κ1) is 19.0. The summed E-state index contributed by atoms with van der Waals surface area (Å²) in [4.78, 5) is 2.33. The van der Waals surface area contributed by atoms with Crippen molar-refractivity contribution in [2.75, 3.05) is 5.32 Å². The predicted molar refractivity (Wildman–Crippen MR) is 103 cm³/mol. The highest BCUT2D eigenvalue weighted by Crippen LogP contribution is 2.17. The van der Waals surface area contributed by atoms with Crippen molar-refractivity contribution in [1.29, 1.82) is 0 Å². The lowest BCUT2D eigenvalue weighted by atomic mass is 10.1. The molecule has 124 valence electrons. The molecule has 0 amide bonds. The van der Waals surface area contributed by atoms with Gasteiger partial charge < -0.3 is 10.2 Å². The minimum absolute atomic E-state index is 0.457. The second-order valence-electron chi connectivity index (χ2n) is 6.15. The molecule has 2 unspecified atom stereocenters. The van der Waals surface area contributed by atoms with Gasteiger partial charge in [-0.3, -0.25) is 0 Å². The van der Waals surface area contributed by atoms with Crippen molar-refractivity contribution < 1.29 is 0 Å². The molecule has 0 spiro atoms. The fraction of sp³-hybridized carbons (Fsp3) is 0.632. The van der Waals surface area contributed by atoms with Crippen LogP contribution < -0.4 is 5.32 Å². The highest BCUT2D eigenvalue weighted by molar-refractivity contribution is 7.80. The summed E-state index contributed by atoms with van der Waals surface area (Å²) in [5.74, 6) is 0. The van der Waals surface area contributed by atoms with E-state index in [1.165, 1.54) is 18.4 Å². The summed E-state index contributed by atoms with van der Waals surface area (Å²) in [7, 11) is 0. The Labute approximate surface area is 142 Å². The van der Waals surface area contributed by atoms with Gasteiger partial charge in [-0.2, -0.15) is 0 Å². The molecule has 2 nitrogen and oxygen atoms in total. The van der Waals surface area contributed by atoms with Gasteiger partial charge in [0.05, 0.1) is 0 Å². The Bertz CT molecular complexity index is 431. The predicted octanol–water partition coefficient (Wildman–Crippen LogP) is 5.63. The van der Waals surface area contributed by atoms with Gasteiger partial charge in [0.15, 0.2) is 5.11 Å². The highest BCUT2D eigenvalue weighted by atomic mass is 32.1. The largest absolute Gasteiger partial charge is 0.344 e. The van der Waals surface area contributed by atoms with Crippen LogP contribution in [0.3, 0.4) is 0 Å². The third-order valence-electron chi connectivity index (χ3n) is 4.39. The van der Waals surface area contributed by atoms with Crippen LogP contribution in [0.4, 0.5) is 5.69 Å². The molecule has 22 heavy (non-hydrogen) atoms. The molecule has 1 N–H and O–H groups in total. The van der Waals surface area contributed by atoms with Crippen LogP contribution in [0.25, 0.3) is 0 Å². The fourth-order valence-corrected chi connectivity index (χ4v) is 3.03. The Kier molecular flexibility index (Phi) is 8.47. The first-order valence-corrected chi connectivity index (χ1v) is 9.12. The van der Waals surface area contributed by atoms with E-state index in [4.69, 9.17) is 12.2 Å². The lowest BCUT2D eigenvalue weighted by Gasteiger charge is -2.36. The highest BCUT2D eigenvalue weighted by Gasteiger charge is 2.20. The van der Waals surface area contributed by atoms with Gasteiger partial charge in [-0.05, 0) is 69.4 Å². The molecule has 0 aliphatic rings. The van der Waals surface area contributed by atoms with E-state index < -0.39 is 0 Å². The zero-order valence-corrected chi connectivity index (χ0v) is 15.7. The van der Waals surface area contributed by atoms with Crippen LogP contribution in [0.5, 0.6) is 0 Å². The molecule has 0 bridgehead atoms. The molecule has 0 aliphatic carbocycles. The van der Waals surface area contributed by atoms with E-state index in [1.54, 1.807) is 0 Å². The maximum atomic E-state index is 5.66. The van der Waals surface area contributed by atoms with E-state index in [9.17, 15) is 0 Å². The molecule has 2 atom stereocenters. The van der Waals surface area contributed by atoms with Gasteiger partial charge in [-0.1, -0.05) is 39.3 Å². The van der Waals surface area contributed by atoms with Crippen molar-refractivity contribution in [1.82, 2.24) is 4.90 Å². The summed E-state index contributed by atoms with van der Waals surface area (Å²) in [6.45, 7) is 11.1. The van der Waals surface area contributed by atoms with Gasteiger partial charge in [0, 0.05) is 17.8 Å². The number of hydrogen-bond donors (Lipinski definition) is 1.